The number of fused-ring (bicyclic) bond motifs is 1. The van der Waals surface area contributed by atoms with Crippen molar-refractivity contribution < 1.29 is 19.1 Å². The fraction of sp³-hybridized carbons (Fsp3) is 0.167. The molecule has 0 spiro atoms. The fourth-order valence-corrected chi connectivity index (χ4v) is 4.76. The fourth-order valence-electron chi connectivity index (χ4n) is 4.53. The van der Waals surface area contributed by atoms with Crippen LogP contribution < -0.4 is 15.0 Å². The van der Waals surface area contributed by atoms with Gasteiger partial charge in [-0.2, -0.15) is 0 Å². The standard InChI is InChI=1S/C30H26ClN3O4/c1-3-20-8-11-23(12-9-20)34-29(36)25(28(35)32-30(34)37)17-21-18-33(26-7-5-4-6-24(21)26)14-15-38-27-13-10-22(31)16-19(27)2/h4-13,16-18H,3,14-15H2,1-2H3,(H,32,35,37)/b25-17-. The molecule has 5 rings (SSSR count). The highest BCUT2D eigenvalue weighted by Crippen LogP contribution is 2.27. The summed E-state index contributed by atoms with van der Waals surface area (Å²) in [5.41, 5.74) is 3.94. The van der Waals surface area contributed by atoms with Gasteiger partial charge < -0.3 is 9.30 Å². The largest absolute Gasteiger partial charge is 0.491 e. The van der Waals surface area contributed by atoms with E-state index in [2.05, 4.69) is 5.32 Å². The van der Waals surface area contributed by atoms with Gasteiger partial charge in [0.05, 0.1) is 12.2 Å². The zero-order valence-corrected chi connectivity index (χ0v) is 21.8. The Kier molecular flexibility index (Phi) is 7.03. The number of rotatable bonds is 7. The maximum atomic E-state index is 13.4. The highest BCUT2D eigenvalue weighted by molar-refractivity contribution is 6.39. The minimum Gasteiger partial charge on any atom is -0.491 e. The van der Waals surface area contributed by atoms with Crippen LogP contribution >= 0.6 is 11.6 Å². The molecule has 1 fully saturated rings. The van der Waals surface area contributed by atoms with Crippen LogP contribution in [0.2, 0.25) is 5.02 Å². The van der Waals surface area contributed by atoms with Gasteiger partial charge in [-0.15, -0.1) is 0 Å². The van der Waals surface area contributed by atoms with Crippen molar-refractivity contribution in [2.24, 2.45) is 0 Å². The van der Waals surface area contributed by atoms with Gasteiger partial charge >= 0.3 is 6.03 Å². The molecule has 1 aliphatic heterocycles. The summed E-state index contributed by atoms with van der Waals surface area (Å²) in [4.78, 5) is 39.7. The third-order valence-electron chi connectivity index (χ3n) is 6.55. The van der Waals surface area contributed by atoms with Crippen molar-refractivity contribution in [1.82, 2.24) is 9.88 Å². The molecule has 4 amide bonds. The first-order valence-corrected chi connectivity index (χ1v) is 12.7. The number of ether oxygens (including phenoxy) is 1. The number of benzene rings is 3. The molecule has 1 N–H and O–H groups in total. The number of carbonyl (C=O) groups excluding carboxylic acids is 3. The van der Waals surface area contributed by atoms with Crippen molar-refractivity contribution in [3.05, 3.63) is 100 Å². The molecule has 192 valence electrons. The molecule has 0 atom stereocenters. The Hall–Kier alpha value is -4.36. The van der Waals surface area contributed by atoms with Crippen LogP contribution in [0.4, 0.5) is 10.5 Å². The van der Waals surface area contributed by atoms with Crippen molar-refractivity contribution in [2.45, 2.75) is 26.8 Å². The number of imide groups is 2. The van der Waals surface area contributed by atoms with E-state index in [1.165, 1.54) is 0 Å². The molecular formula is C30H26ClN3O4. The number of aryl methyl sites for hydroxylation is 2. The average molecular weight is 528 g/mol. The topological polar surface area (TPSA) is 80.6 Å². The number of aromatic nitrogens is 1. The molecule has 0 aliphatic carbocycles. The molecule has 1 saturated heterocycles. The van der Waals surface area contributed by atoms with Crippen molar-refractivity contribution in [3.8, 4) is 5.75 Å². The summed E-state index contributed by atoms with van der Waals surface area (Å²) in [6.07, 6.45) is 4.26. The van der Waals surface area contributed by atoms with Gasteiger partial charge in [0.2, 0.25) is 0 Å². The number of anilines is 1. The van der Waals surface area contributed by atoms with E-state index in [1.807, 2.05) is 73.1 Å². The van der Waals surface area contributed by atoms with Crippen LogP contribution in [0.25, 0.3) is 17.0 Å². The number of hydrogen-bond acceptors (Lipinski definition) is 4. The number of barbiturate groups is 1. The third-order valence-corrected chi connectivity index (χ3v) is 6.79. The first kappa shape index (κ1) is 25.3. The Bertz CT molecular complexity index is 1590. The summed E-state index contributed by atoms with van der Waals surface area (Å²) in [7, 11) is 0. The van der Waals surface area contributed by atoms with Crippen LogP contribution in [-0.2, 0) is 22.6 Å². The molecule has 4 aromatic rings. The molecule has 8 heteroatoms. The minimum absolute atomic E-state index is 0.111. The maximum Gasteiger partial charge on any atom is 0.335 e. The lowest BCUT2D eigenvalue weighted by molar-refractivity contribution is -0.122. The lowest BCUT2D eigenvalue weighted by atomic mass is 10.1. The Morgan fingerprint density at radius 3 is 2.50 bits per heavy atom. The molecular weight excluding hydrogens is 502 g/mol. The minimum atomic E-state index is -0.765. The van der Waals surface area contributed by atoms with Crippen LogP contribution in [0.5, 0.6) is 5.75 Å². The quantitative estimate of drug-likeness (QED) is 0.239. The van der Waals surface area contributed by atoms with Gasteiger partial charge in [-0.3, -0.25) is 14.9 Å². The van der Waals surface area contributed by atoms with Gasteiger partial charge in [0.25, 0.3) is 11.8 Å². The summed E-state index contributed by atoms with van der Waals surface area (Å²) < 4.78 is 7.99. The first-order valence-electron chi connectivity index (χ1n) is 12.3. The number of halogens is 1. The third kappa shape index (κ3) is 4.93. The number of nitrogens with one attached hydrogen (secondary N) is 1. The van der Waals surface area contributed by atoms with Crippen molar-refractivity contribution >= 4 is 52.1 Å². The van der Waals surface area contributed by atoms with Gasteiger partial charge in [-0.1, -0.05) is 48.9 Å². The van der Waals surface area contributed by atoms with Crippen molar-refractivity contribution in [3.63, 3.8) is 0 Å². The number of nitrogens with zero attached hydrogens (tertiary/aromatic N) is 2. The lowest BCUT2D eigenvalue weighted by Gasteiger charge is -2.26. The zero-order chi connectivity index (χ0) is 26.8. The lowest BCUT2D eigenvalue weighted by Crippen LogP contribution is -2.54. The van der Waals surface area contributed by atoms with Gasteiger partial charge in [0.15, 0.2) is 0 Å². The van der Waals surface area contributed by atoms with E-state index in [1.54, 1.807) is 24.3 Å². The molecule has 7 nitrogen and oxygen atoms in total. The summed E-state index contributed by atoms with van der Waals surface area (Å²) in [6, 6.07) is 19.6. The SMILES string of the molecule is CCc1ccc(N2C(=O)NC(=O)/C(=C/c3cn(CCOc4ccc(Cl)cc4C)c4ccccc34)C2=O)cc1. The summed E-state index contributed by atoms with van der Waals surface area (Å²) >= 11 is 6.04. The molecule has 0 bridgehead atoms. The zero-order valence-electron chi connectivity index (χ0n) is 21.0. The van der Waals surface area contributed by atoms with Gasteiger partial charge in [-0.25, -0.2) is 9.69 Å². The van der Waals surface area contributed by atoms with E-state index < -0.39 is 17.8 Å². The molecule has 0 unspecified atom stereocenters. The second kappa shape index (κ2) is 10.6. The van der Waals surface area contributed by atoms with E-state index >= 15 is 0 Å². The molecule has 0 saturated carbocycles. The Morgan fingerprint density at radius 1 is 1.00 bits per heavy atom. The van der Waals surface area contributed by atoms with E-state index in [-0.39, 0.29) is 5.57 Å². The number of amides is 4. The number of carbonyl (C=O) groups is 3. The van der Waals surface area contributed by atoms with Crippen molar-refractivity contribution in [2.75, 3.05) is 11.5 Å². The van der Waals surface area contributed by atoms with Crippen LogP contribution in [-0.4, -0.2) is 29.0 Å². The van der Waals surface area contributed by atoms with Crippen LogP contribution in [0.1, 0.15) is 23.6 Å². The maximum absolute atomic E-state index is 13.4. The molecule has 0 radical (unpaired) electrons. The molecule has 3 aromatic carbocycles. The number of hydrogen-bond donors (Lipinski definition) is 1. The van der Waals surface area contributed by atoms with Crippen LogP contribution in [0.3, 0.4) is 0 Å². The van der Waals surface area contributed by atoms with Gasteiger partial charge in [-0.05, 0) is 66.9 Å². The Morgan fingerprint density at radius 2 is 1.76 bits per heavy atom. The molecule has 38 heavy (non-hydrogen) atoms. The van der Waals surface area contributed by atoms with Crippen LogP contribution in [0.15, 0.2) is 78.5 Å². The number of para-hydroxylation sites is 1. The van der Waals surface area contributed by atoms with E-state index in [9.17, 15) is 14.4 Å². The predicted molar refractivity (Wildman–Crippen MR) is 148 cm³/mol. The van der Waals surface area contributed by atoms with Gasteiger partial charge in [0, 0.05) is 27.7 Å². The van der Waals surface area contributed by atoms with Crippen LogP contribution in [0, 0.1) is 6.92 Å². The predicted octanol–water partition coefficient (Wildman–Crippen LogP) is 5.91. The van der Waals surface area contributed by atoms with Gasteiger partial charge in [0.1, 0.15) is 17.9 Å². The monoisotopic (exact) mass is 527 g/mol. The first-order chi connectivity index (χ1) is 18.4. The second-order valence-electron chi connectivity index (χ2n) is 9.03. The Balaban J connectivity index is 1.43. The van der Waals surface area contributed by atoms with E-state index in [0.29, 0.717) is 29.4 Å². The second-order valence-corrected chi connectivity index (χ2v) is 9.47. The smallest absolute Gasteiger partial charge is 0.335 e. The van der Waals surface area contributed by atoms with E-state index in [0.717, 1.165) is 39.1 Å². The summed E-state index contributed by atoms with van der Waals surface area (Å²) in [5, 5.41) is 3.83. The highest BCUT2D eigenvalue weighted by atomic mass is 35.5. The van der Waals surface area contributed by atoms with E-state index in [4.69, 9.17) is 16.3 Å². The molecule has 1 aromatic heterocycles. The summed E-state index contributed by atoms with van der Waals surface area (Å²) in [5.74, 6) is -0.629. The highest BCUT2D eigenvalue weighted by Gasteiger charge is 2.37. The molecule has 2 heterocycles. The normalized spacial score (nSPS) is 14.9. The average Bonchev–Trinajstić information content (AvgIpc) is 3.25. The Labute approximate surface area is 225 Å². The number of urea groups is 1. The molecule has 1 aliphatic rings. The summed E-state index contributed by atoms with van der Waals surface area (Å²) in [6.45, 7) is 4.91. The van der Waals surface area contributed by atoms with Crippen molar-refractivity contribution in [1.29, 1.82) is 0 Å².